The summed E-state index contributed by atoms with van der Waals surface area (Å²) in [5, 5.41) is 3.10. The Kier molecular flexibility index (Phi) is 5.53. The molecule has 0 bridgehead atoms. The molecule has 0 saturated carbocycles. The molecule has 4 nitrogen and oxygen atoms in total. The van der Waals surface area contributed by atoms with Crippen molar-refractivity contribution in [3.63, 3.8) is 0 Å². The molecule has 0 spiro atoms. The van der Waals surface area contributed by atoms with E-state index in [0.717, 1.165) is 30.5 Å². The molecule has 1 unspecified atom stereocenters. The van der Waals surface area contributed by atoms with Crippen LogP contribution in [0.1, 0.15) is 42.9 Å². The van der Waals surface area contributed by atoms with E-state index in [2.05, 4.69) is 5.32 Å². The van der Waals surface area contributed by atoms with E-state index in [9.17, 15) is 9.18 Å². The molecule has 25 heavy (non-hydrogen) atoms. The van der Waals surface area contributed by atoms with Crippen LogP contribution in [0.15, 0.2) is 42.5 Å². The third-order valence-corrected chi connectivity index (χ3v) is 4.46. The average Bonchev–Trinajstić information content (AvgIpc) is 2.60. The predicted molar refractivity (Wildman–Crippen MR) is 95.8 cm³/mol. The van der Waals surface area contributed by atoms with Gasteiger partial charge in [0.15, 0.2) is 11.6 Å². The minimum Gasteiger partial charge on any atom is -0.491 e. The van der Waals surface area contributed by atoms with Crippen molar-refractivity contribution < 1.29 is 13.9 Å². The largest absolute Gasteiger partial charge is 0.491 e. The molecule has 1 aliphatic rings. The second kappa shape index (κ2) is 8.01. The Labute approximate surface area is 147 Å². The molecule has 0 radical (unpaired) electrons. The SMILES string of the molecule is Nc1ccc2c(c1)CCCC2NC(=O)CCCOc1ccccc1F. The molecule has 0 aliphatic heterocycles. The quantitative estimate of drug-likeness (QED) is 0.620. The van der Waals surface area contributed by atoms with E-state index in [4.69, 9.17) is 10.5 Å². The van der Waals surface area contributed by atoms with Gasteiger partial charge in [0, 0.05) is 12.1 Å². The van der Waals surface area contributed by atoms with Gasteiger partial charge in [0.25, 0.3) is 0 Å². The van der Waals surface area contributed by atoms with Crippen molar-refractivity contribution in [3.8, 4) is 5.75 Å². The summed E-state index contributed by atoms with van der Waals surface area (Å²) in [6.07, 6.45) is 3.88. The molecule has 132 valence electrons. The van der Waals surface area contributed by atoms with Crippen molar-refractivity contribution in [1.82, 2.24) is 5.32 Å². The van der Waals surface area contributed by atoms with Gasteiger partial charge in [0.05, 0.1) is 12.6 Å². The van der Waals surface area contributed by atoms with Crippen molar-refractivity contribution in [3.05, 3.63) is 59.4 Å². The minimum atomic E-state index is -0.384. The number of aryl methyl sites for hydroxylation is 1. The van der Waals surface area contributed by atoms with E-state index in [0.29, 0.717) is 19.4 Å². The van der Waals surface area contributed by atoms with Gasteiger partial charge in [-0.2, -0.15) is 0 Å². The second-order valence-electron chi connectivity index (χ2n) is 6.35. The van der Waals surface area contributed by atoms with Gasteiger partial charge in [0.2, 0.25) is 5.91 Å². The second-order valence-corrected chi connectivity index (χ2v) is 6.35. The van der Waals surface area contributed by atoms with E-state index in [1.165, 1.54) is 11.6 Å². The fourth-order valence-electron chi connectivity index (χ4n) is 3.23. The van der Waals surface area contributed by atoms with E-state index in [1.54, 1.807) is 18.2 Å². The lowest BCUT2D eigenvalue weighted by Gasteiger charge is -2.26. The Morgan fingerprint density at radius 1 is 1.28 bits per heavy atom. The number of nitrogens with one attached hydrogen (secondary N) is 1. The van der Waals surface area contributed by atoms with Gasteiger partial charge in [0.1, 0.15) is 0 Å². The van der Waals surface area contributed by atoms with Crippen molar-refractivity contribution in [2.24, 2.45) is 0 Å². The maximum atomic E-state index is 13.4. The highest BCUT2D eigenvalue weighted by Gasteiger charge is 2.21. The molecule has 0 aromatic heterocycles. The summed E-state index contributed by atoms with van der Waals surface area (Å²) in [6.45, 7) is 0.312. The van der Waals surface area contributed by atoms with Gasteiger partial charge < -0.3 is 15.8 Å². The number of hydrogen-bond donors (Lipinski definition) is 2. The molecule has 1 amide bonds. The summed E-state index contributed by atoms with van der Waals surface area (Å²) in [5.74, 6) is -0.168. The van der Waals surface area contributed by atoms with Gasteiger partial charge in [-0.25, -0.2) is 4.39 Å². The molecule has 5 heteroatoms. The molecule has 1 aliphatic carbocycles. The number of carbonyl (C=O) groups excluding carboxylic acids is 1. The van der Waals surface area contributed by atoms with Gasteiger partial charge in [-0.3, -0.25) is 4.79 Å². The minimum absolute atomic E-state index is 0.00758. The molecule has 1 atom stereocenters. The summed E-state index contributed by atoms with van der Waals surface area (Å²) < 4.78 is 18.8. The van der Waals surface area contributed by atoms with Gasteiger partial charge in [-0.1, -0.05) is 18.2 Å². The zero-order chi connectivity index (χ0) is 17.6. The number of nitrogens with two attached hydrogens (primary N) is 1. The normalized spacial score (nSPS) is 16.1. The Bertz CT molecular complexity index is 748. The molecule has 0 fully saturated rings. The van der Waals surface area contributed by atoms with E-state index < -0.39 is 0 Å². The molecular weight excluding hydrogens is 319 g/mol. The van der Waals surface area contributed by atoms with Crippen LogP contribution >= 0.6 is 0 Å². The van der Waals surface area contributed by atoms with Crippen LogP contribution < -0.4 is 15.8 Å². The van der Waals surface area contributed by atoms with Gasteiger partial charge >= 0.3 is 0 Å². The van der Waals surface area contributed by atoms with Crippen molar-refractivity contribution in [2.75, 3.05) is 12.3 Å². The zero-order valence-electron chi connectivity index (χ0n) is 14.1. The van der Waals surface area contributed by atoms with Crippen LogP contribution in [-0.2, 0) is 11.2 Å². The first-order valence-electron chi connectivity index (χ1n) is 8.68. The van der Waals surface area contributed by atoms with Crippen LogP contribution in [0.5, 0.6) is 5.75 Å². The number of fused-ring (bicyclic) bond motifs is 1. The van der Waals surface area contributed by atoms with E-state index in [-0.39, 0.29) is 23.5 Å². The number of amides is 1. The highest BCUT2D eigenvalue weighted by atomic mass is 19.1. The third-order valence-electron chi connectivity index (χ3n) is 4.46. The van der Waals surface area contributed by atoms with Crippen LogP contribution in [0.3, 0.4) is 0 Å². The van der Waals surface area contributed by atoms with Crippen LogP contribution in [-0.4, -0.2) is 12.5 Å². The van der Waals surface area contributed by atoms with Gasteiger partial charge in [-0.15, -0.1) is 0 Å². The van der Waals surface area contributed by atoms with Crippen LogP contribution in [0.4, 0.5) is 10.1 Å². The van der Waals surface area contributed by atoms with E-state index >= 15 is 0 Å². The molecule has 3 rings (SSSR count). The first-order valence-corrected chi connectivity index (χ1v) is 8.68. The number of nitrogen functional groups attached to an aromatic ring is 1. The van der Waals surface area contributed by atoms with Crippen molar-refractivity contribution >= 4 is 11.6 Å². The summed E-state index contributed by atoms with van der Waals surface area (Å²) in [4.78, 5) is 12.2. The highest BCUT2D eigenvalue weighted by molar-refractivity contribution is 5.76. The lowest BCUT2D eigenvalue weighted by atomic mass is 9.87. The number of para-hydroxylation sites is 1. The van der Waals surface area contributed by atoms with Crippen LogP contribution in [0, 0.1) is 5.82 Å². The average molecular weight is 342 g/mol. The summed E-state index contributed by atoms with van der Waals surface area (Å²) in [5.41, 5.74) is 8.99. The maximum Gasteiger partial charge on any atom is 0.220 e. The Hall–Kier alpha value is -2.56. The molecule has 0 saturated heterocycles. The number of rotatable bonds is 6. The van der Waals surface area contributed by atoms with Gasteiger partial charge in [-0.05, 0) is 61.1 Å². The number of carbonyl (C=O) groups is 1. The van der Waals surface area contributed by atoms with Crippen molar-refractivity contribution in [1.29, 1.82) is 0 Å². The van der Waals surface area contributed by atoms with E-state index in [1.807, 2.05) is 18.2 Å². The summed E-state index contributed by atoms with van der Waals surface area (Å²) in [6, 6.07) is 12.2. The van der Waals surface area contributed by atoms with Crippen molar-refractivity contribution in [2.45, 2.75) is 38.1 Å². The lowest BCUT2D eigenvalue weighted by molar-refractivity contribution is -0.122. The topological polar surface area (TPSA) is 64.3 Å². The number of ether oxygens (including phenoxy) is 1. The predicted octanol–water partition coefficient (Wildman–Crippen LogP) is 3.76. The zero-order valence-corrected chi connectivity index (χ0v) is 14.1. The number of hydrogen-bond acceptors (Lipinski definition) is 3. The monoisotopic (exact) mass is 342 g/mol. The first kappa shape index (κ1) is 17.3. The smallest absolute Gasteiger partial charge is 0.220 e. The number of halogens is 1. The summed E-state index contributed by atoms with van der Waals surface area (Å²) in [7, 11) is 0. The molecule has 0 heterocycles. The lowest BCUT2D eigenvalue weighted by Crippen LogP contribution is -2.31. The first-order chi connectivity index (χ1) is 12.1. The maximum absolute atomic E-state index is 13.4. The highest BCUT2D eigenvalue weighted by Crippen LogP contribution is 2.31. The number of anilines is 1. The Balaban J connectivity index is 1.47. The molecule has 3 N–H and O–H groups in total. The number of benzene rings is 2. The van der Waals surface area contributed by atoms with Crippen LogP contribution in [0.25, 0.3) is 0 Å². The molecular formula is C20H23FN2O2. The summed E-state index contributed by atoms with van der Waals surface area (Å²) >= 11 is 0. The fourth-order valence-corrected chi connectivity index (χ4v) is 3.23. The molecule has 2 aromatic rings. The van der Waals surface area contributed by atoms with Crippen LogP contribution in [0.2, 0.25) is 0 Å². The molecule has 2 aromatic carbocycles. The Morgan fingerprint density at radius 3 is 2.96 bits per heavy atom. The Morgan fingerprint density at radius 2 is 2.12 bits per heavy atom. The standard InChI is InChI=1S/C20H23FN2O2/c21-17-6-1-2-8-19(17)25-12-4-9-20(24)23-18-7-3-5-14-13-15(22)10-11-16(14)18/h1-2,6,8,10-11,13,18H,3-5,7,9,12,22H2,(H,23,24). The third kappa shape index (κ3) is 4.50. The fraction of sp³-hybridized carbons (Fsp3) is 0.350.